The van der Waals surface area contributed by atoms with Crippen molar-refractivity contribution < 1.29 is 5.11 Å². The van der Waals surface area contributed by atoms with Crippen molar-refractivity contribution in [3.8, 4) is 0 Å². The van der Waals surface area contributed by atoms with E-state index in [1.165, 1.54) is 25.7 Å². The van der Waals surface area contributed by atoms with Crippen LogP contribution < -0.4 is 0 Å². The van der Waals surface area contributed by atoms with Gasteiger partial charge < -0.3 is 5.11 Å². The molecule has 0 bridgehead atoms. The minimum atomic E-state index is -0.0452. The maximum absolute atomic E-state index is 10.1. The van der Waals surface area contributed by atoms with Crippen molar-refractivity contribution in [2.75, 3.05) is 0 Å². The van der Waals surface area contributed by atoms with Gasteiger partial charge in [-0.15, -0.1) is 0 Å². The Morgan fingerprint density at radius 3 is 2.53 bits per heavy atom. The molecule has 0 heterocycles. The molecule has 0 radical (unpaired) electrons. The van der Waals surface area contributed by atoms with Gasteiger partial charge in [0.05, 0.1) is 6.10 Å². The molecule has 15 heavy (non-hydrogen) atoms. The highest BCUT2D eigenvalue weighted by Gasteiger charge is 2.54. The molecule has 0 amide bonds. The third-order valence-corrected chi connectivity index (χ3v) is 5.12. The monoisotopic (exact) mass is 206 g/mol. The van der Waals surface area contributed by atoms with E-state index in [4.69, 9.17) is 0 Å². The fraction of sp³-hybridized carbons (Fsp3) is 0.857. The van der Waals surface area contributed by atoms with Crippen LogP contribution in [0.15, 0.2) is 11.1 Å². The summed E-state index contributed by atoms with van der Waals surface area (Å²) in [6, 6.07) is 0. The smallest absolute Gasteiger partial charge is 0.0602 e. The van der Waals surface area contributed by atoms with Gasteiger partial charge in [0.15, 0.2) is 0 Å². The van der Waals surface area contributed by atoms with Crippen molar-refractivity contribution in [1.82, 2.24) is 0 Å². The highest BCUT2D eigenvalue weighted by atomic mass is 16.3. The zero-order chi connectivity index (χ0) is 10.8. The molecule has 0 aromatic heterocycles. The Morgan fingerprint density at radius 2 is 1.80 bits per heavy atom. The normalized spacial score (nSPS) is 47.2. The lowest BCUT2D eigenvalue weighted by Gasteiger charge is -2.33. The van der Waals surface area contributed by atoms with Crippen LogP contribution in [-0.4, -0.2) is 11.2 Å². The predicted octanol–water partition coefficient (Wildman–Crippen LogP) is 3.28. The first kappa shape index (κ1) is 9.89. The zero-order valence-corrected chi connectivity index (χ0v) is 10.1. The zero-order valence-electron chi connectivity index (χ0n) is 10.1. The van der Waals surface area contributed by atoms with E-state index in [1.807, 2.05) is 0 Å². The molecule has 3 atom stereocenters. The molecule has 3 aliphatic rings. The maximum Gasteiger partial charge on any atom is 0.0602 e. The molecule has 0 aromatic rings. The van der Waals surface area contributed by atoms with E-state index in [9.17, 15) is 5.11 Å². The van der Waals surface area contributed by atoms with Crippen molar-refractivity contribution >= 4 is 0 Å². The van der Waals surface area contributed by atoms with E-state index in [2.05, 4.69) is 20.8 Å². The molecule has 1 unspecified atom stereocenters. The summed E-state index contributed by atoms with van der Waals surface area (Å²) >= 11 is 0. The van der Waals surface area contributed by atoms with Crippen LogP contribution >= 0.6 is 0 Å². The van der Waals surface area contributed by atoms with Crippen molar-refractivity contribution in [3.05, 3.63) is 11.1 Å². The Hall–Kier alpha value is -0.300. The second-order valence-corrected chi connectivity index (χ2v) is 6.97. The highest BCUT2D eigenvalue weighted by molar-refractivity contribution is 5.36. The summed E-state index contributed by atoms with van der Waals surface area (Å²) in [6.45, 7) is 7.07. The van der Waals surface area contributed by atoms with Gasteiger partial charge in [-0.05, 0) is 43.4 Å². The third-order valence-electron chi connectivity index (χ3n) is 5.12. The summed E-state index contributed by atoms with van der Waals surface area (Å²) in [7, 11) is 0. The minimum absolute atomic E-state index is 0.0452. The van der Waals surface area contributed by atoms with Gasteiger partial charge >= 0.3 is 0 Å². The standard InChI is InChI=1S/C14H22O/c1-13(2)6-9-7-14(3)11(10(9)8-13)4-5-12(14)15/h11-12,15H,4-8H2,1-3H3/t11-,12?,14+/m1/s1. The van der Waals surface area contributed by atoms with Gasteiger partial charge in [-0.1, -0.05) is 31.9 Å². The van der Waals surface area contributed by atoms with Crippen molar-refractivity contribution in [2.45, 2.75) is 59.0 Å². The second-order valence-electron chi connectivity index (χ2n) is 6.97. The first-order chi connectivity index (χ1) is 6.92. The van der Waals surface area contributed by atoms with Gasteiger partial charge in [0.25, 0.3) is 0 Å². The number of aliphatic hydroxyl groups is 1. The molecule has 0 aromatic carbocycles. The van der Waals surface area contributed by atoms with E-state index in [-0.39, 0.29) is 11.5 Å². The lowest BCUT2D eigenvalue weighted by molar-refractivity contribution is 0.0526. The summed E-state index contributed by atoms with van der Waals surface area (Å²) in [6.07, 6.45) is 5.95. The molecule has 0 aliphatic heterocycles. The van der Waals surface area contributed by atoms with Gasteiger partial charge in [0.1, 0.15) is 0 Å². The average Bonchev–Trinajstić information content (AvgIpc) is 2.60. The van der Waals surface area contributed by atoms with E-state index >= 15 is 0 Å². The van der Waals surface area contributed by atoms with Crippen LogP contribution in [0.2, 0.25) is 0 Å². The van der Waals surface area contributed by atoms with Crippen LogP contribution in [0.25, 0.3) is 0 Å². The number of aliphatic hydroxyl groups excluding tert-OH is 1. The molecular formula is C14H22O. The van der Waals surface area contributed by atoms with E-state index in [1.54, 1.807) is 11.1 Å². The molecule has 1 heteroatoms. The Kier molecular flexibility index (Phi) is 1.77. The summed E-state index contributed by atoms with van der Waals surface area (Å²) in [5, 5.41) is 10.1. The topological polar surface area (TPSA) is 20.2 Å². The lowest BCUT2D eigenvalue weighted by atomic mass is 9.73. The van der Waals surface area contributed by atoms with Gasteiger partial charge in [-0.2, -0.15) is 0 Å². The lowest BCUT2D eigenvalue weighted by Crippen LogP contribution is -2.31. The third kappa shape index (κ3) is 1.19. The first-order valence-electron chi connectivity index (χ1n) is 6.31. The Morgan fingerprint density at radius 1 is 1.07 bits per heavy atom. The molecular weight excluding hydrogens is 184 g/mol. The minimum Gasteiger partial charge on any atom is -0.393 e. The van der Waals surface area contributed by atoms with Crippen LogP contribution in [0, 0.1) is 16.7 Å². The first-order valence-corrected chi connectivity index (χ1v) is 6.31. The van der Waals surface area contributed by atoms with Crippen LogP contribution in [0.5, 0.6) is 0 Å². The van der Waals surface area contributed by atoms with Crippen molar-refractivity contribution in [1.29, 1.82) is 0 Å². The van der Waals surface area contributed by atoms with Crippen LogP contribution in [0.1, 0.15) is 52.9 Å². The molecule has 0 spiro atoms. The molecule has 3 rings (SSSR count). The SMILES string of the molecule is CC1(C)CC2=C(C1)[C@H]1CCC(O)[C@@]1(C)C2. The number of hydrogen-bond acceptors (Lipinski definition) is 1. The van der Waals surface area contributed by atoms with E-state index in [0.717, 1.165) is 6.42 Å². The largest absolute Gasteiger partial charge is 0.393 e. The number of hydrogen-bond donors (Lipinski definition) is 1. The summed E-state index contributed by atoms with van der Waals surface area (Å²) < 4.78 is 0. The number of rotatable bonds is 0. The molecule has 1 saturated carbocycles. The molecule has 1 N–H and O–H groups in total. The molecule has 0 saturated heterocycles. The van der Waals surface area contributed by atoms with E-state index < -0.39 is 0 Å². The van der Waals surface area contributed by atoms with Crippen LogP contribution in [0.3, 0.4) is 0 Å². The molecule has 1 fully saturated rings. The fourth-order valence-corrected chi connectivity index (χ4v) is 4.43. The Labute approximate surface area is 92.6 Å². The van der Waals surface area contributed by atoms with Crippen LogP contribution in [-0.2, 0) is 0 Å². The molecule has 3 aliphatic carbocycles. The number of allylic oxidation sites excluding steroid dienone is 2. The molecule has 1 nitrogen and oxygen atoms in total. The van der Waals surface area contributed by atoms with Gasteiger partial charge in [0.2, 0.25) is 0 Å². The Bertz CT molecular complexity index is 339. The predicted molar refractivity (Wildman–Crippen MR) is 61.5 cm³/mol. The summed E-state index contributed by atoms with van der Waals surface area (Å²) in [5.74, 6) is 0.712. The Balaban J connectivity index is 1.92. The fourth-order valence-electron chi connectivity index (χ4n) is 4.43. The molecule has 84 valence electrons. The highest BCUT2D eigenvalue weighted by Crippen LogP contribution is 2.63. The van der Waals surface area contributed by atoms with Crippen molar-refractivity contribution in [2.24, 2.45) is 16.7 Å². The quantitative estimate of drug-likeness (QED) is 0.603. The second kappa shape index (κ2) is 2.68. The van der Waals surface area contributed by atoms with Gasteiger partial charge in [-0.3, -0.25) is 0 Å². The van der Waals surface area contributed by atoms with Crippen LogP contribution in [0.4, 0.5) is 0 Å². The van der Waals surface area contributed by atoms with Crippen molar-refractivity contribution in [3.63, 3.8) is 0 Å². The average molecular weight is 206 g/mol. The summed E-state index contributed by atoms with van der Waals surface area (Å²) in [5.41, 5.74) is 4.14. The van der Waals surface area contributed by atoms with Gasteiger partial charge in [-0.25, -0.2) is 0 Å². The maximum atomic E-state index is 10.1. The van der Waals surface area contributed by atoms with E-state index in [0.29, 0.717) is 11.3 Å². The van der Waals surface area contributed by atoms with Gasteiger partial charge in [0, 0.05) is 5.41 Å². The number of fused-ring (bicyclic) bond motifs is 2. The summed E-state index contributed by atoms with van der Waals surface area (Å²) in [4.78, 5) is 0.